The molecule has 2 aliphatic rings. The smallest absolute Gasteiger partial charge is 0.187 e. The van der Waals surface area contributed by atoms with Gasteiger partial charge < -0.3 is 28.8 Å². The number of unbranched alkanes of at least 4 members (excludes halogenated alkanes) is 3. The van der Waals surface area contributed by atoms with E-state index >= 15 is 0 Å². The molecule has 0 bridgehead atoms. The molecule has 1 saturated carbocycles. The molecule has 9 atom stereocenters. The Labute approximate surface area is 196 Å². The van der Waals surface area contributed by atoms with Crippen molar-refractivity contribution in [1.82, 2.24) is 0 Å². The lowest BCUT2D eigenvalue weighted by atomic mass is 9.79. The zero-order valence-corrected chi connectivity index (χ0v) is 21.5. The summed E-state index contributed by atoms with van der Waals surface area (Å²) in [5.41, 5.74) is 0. The molecule has 0 aromatic rings. The van der Waals surface area contributed by atoms with Gasteiger partial charge in [0.05, 0.1) is 18.3 Å². The monoisotopic (exact) mass is 458 g/mol. The summed E-state index contributed by atoms with van der Waals surface area (Å²) in [7, 11) is 0. The third kappa shape index (κ3) is 8.21. The van der Waals surface area contributed by atoms with E-state index in [1.165, 1.54) is 0 Å². The molecule has 6 nitrogen and oxygen atoms in total. The van der Waals surface area contributed by atoms with E-state index in [4.69, 9.17) is 23.7 Å². The number of hydrogen-bond donors (Lipinski definition) is 1. The van der Waals surface area contributed by atoms with Crippen LogP contribution in [0.3, 0.4) is 0 Å². The number of rotatable bonds is 14. The predicted molar refractivity (Wildman–Crippen MR) is 127 cm³/mol. The van der Waals surface area contributed by atoms with E-state index in [0.717, 1.165) is 51.4 Å². The first kappa shape index (κ1) is 28.0. The minimum atomic E-state index is -0.574. The van der Waals surface area contributed by atoms with Crippen LogP contribution in [0, 0.1) is 11.8 Å². The topological polar surface area (TPSA) is 66.4 Å². The Balaban J connectivity index is 2.20. The maximum atomic E-state index is 10.8. The molecule has 1 saturated heterocycles. The molecule has 6 heteroatoms. The number of hydrogen-bond acceptors (Lipinski definition) is 6. The van der Waals surface area contributed by atoms with Crippen LogP contribution in [0.4, 0.5) is 0 Å². The summed E-state index contributed by atoms with van der Waals surface area (Å²) in [6.07, 6.45) is 5.70. The van der Waals surface area contributed by atoms with Gasteiger partial charge >= 0.3 is 0 Å². The molecule has 6 unspecified atom stereocenters. The molecule has 1 N–H and O–H groups in total. The van der Waals surface area contributed by atoms with Gasteiger partial charge in [-0.25, -0.2) is 0 Å². The van der Waals surface area contributed by atoms with Crippen molar-refractivity contribution in [2.75, 3.05) is 19.8 Å². The van der Waals surface area contributed by atoms with E-state index in [1.54, 1.807) is 0 Å². The summed E-state index contributed by atoms with van der Waals surface area (Å²) in [4.78, 5) is 0. The van der Waals surface area contributed by atoms with Crippen molar-refractivity contribution in [3.8, 4) is 0 Å². The van der Waals surface area contributed by atoms with E-state index in [1.807, 2.05) is 6.92 Å². The SMILES string of the molecule is CCCCOC1C(OCCCC)[C@H](OCCCC)C(C)O[C@H]1OC1C(C)CC(C)C[C@H]1O. The van der Waals surface area contributed by atoms with Crippen LogP contribution in [-0.4, -0.2) is 67.8 Å². The highest BCUT2D eigenvalue weighted by atomic mass is 16.7. The second-order valence-corrected chi connectivity index (χ2v) is 10.00. The van der Waals surface area contributed by atoms with Crippen LogP contribution in [0.5, 0.6) is 0 Å². The van der Waals surface area contributed by atoms with Crippen molar-refractivity contribution < 1.29 is 28.8 Å². The fourth-order valence-corrected chi connectivity index (χ4v) is 4.94. The van der Waals surface area contributed by atoms with Gasteiger partial charge in [-0.3, -0.25) is 0 Å². The largest absolute Gasteiger partial charge is 0.390 e. The van der Waals surface area contributed by atoms with E-state index in [2.05, 4.69) is 34.6 Å². The van der Waals surface area contributed by atoms with Gasteiger partial charge in [0, 0.05) is 19.8 Å². The van der Waals surface area contributed by atoms with Gasteiger partial charge in [-0.05, 0) is 50.9 Å². The zero-order chi connectivity index (χ0) is 23.5. The molecule has 0 aromatic heterocycles. The fourth-order valence-electron chi connectivity index (χ4n) is 4.94. The highest BCUT2D eigenvalue weighted by Crippen LogP contribution is 2.35. The Kier molecular flexibility index (Phi) is 13.0. The van der Waals surface area contributed by atoms with Crippen molar-refractivity contribution >= 4 is 0 Å². The molecule has 1 aliphatic carbocycles. The number of aliphatic hydroxyl groups is 1. The Bertz CT molecular complexity index is 477. The second kappa shape index (κ2) is 14.9. The molecule has 0 radical (unpaired) electrons. The van der Waals surface area contributed by atoms with E-state index in [9.17, 15) is 5.11 Å². The van der Waals surface area contributed by atoms with Crippen LogP contribution in [0.15, 0.2) is 0 Å². The molecule has 1 aliphatic heterocycles. The number of aliphatic hydroxyl groups excluding tert-OH is 1. The molecule has 190 valence electrons. The van der Waals surface area contributed by atoms with Gasteiger partial charge in [-0.1, -0.05) is 53.9 Å². The Morgan fingerprint density at radius 1 is 0.719 bits per heavy atom. The van der Waals surface area contributed by atoms with Crippen molar-refractivity contribution in [3.05, 3.63) is 0 Å². The minimum Gasteiger partial charge on any atom is -0.390 e. The van der Waals surface area contributed by atoms with Gasteiger partial charge in [0.25, 0.3) is 0 Å². The molecule has 0 aromatic carbocycles. The predicted octanol–water partition coefficient (Wildman–Crippen LogP) is 5.10. The summed E-state index contributed by atoms with van der Waals surface area (Å²) < 4.78 is 31.9. The molecular weight excluding hydrogens is 408 g/mol. The average Bonchev–Trinajstić information content (AvgIpc) is 2.74. The fraction of sp³-hybridized carbons (Fsp3) is 1.00. The van der Waals surface area contributed by atoms with E-state index in [-0.39, 0.29) is 36.4 Å². The third-order valence-electron chi connectivity index (χ3n) is 6.80. The molecule has 0 spiro atoms. The van der Waals surface area contributed by atoms with E-state index < -0.39 is 12.4 Å². The Hall–Kier alpha value is -0.240. The quantitative estimate of drug-likeness (QED) is 0.365. The van der Waals surface area contributed by atoms with Crippen LogP contribution >= 0.6 is 0 Å². The Morgan fingerprint density at radius 3 is 1.78 bits per heavy atom. The Morgan fingerprint density at radius 2 is 1.25 bits per heavy atom. The van der Waals surface area contributed by atoms with Crippen LogP contribution in [0.1, 0.15) is 92.9 Å². The first-order valence-corrected chi connectivity index (χ1v) is 13.3. The van der Waals surface area contributed by atoms with Gasteiger partial charge in [-0.15, -0.1) is 0 Å². The summed E-state index contributed by atoms with van der Waals surface area (Å²) in [6, 6.07) is 0. The maximum Gasteiger partial charge on any atom is 0.187 e. The van der Waals surface area contributed by atoms with Crippen LogP contribution in [-0.2, 0) is 23.7 Å². The second-order valence-electron chi connectivity index (χ2n) is 10.00. The van der Waals surface area contributed by atoms with Crippen molar-refractivity contribution in [2.24, 2.45) is 11.8 Å². The van der Waals surface area contributed by atoms with Gasteiger partial charge in [0.2, 0.25) is 0 Å². The normalized spacial score (nSPS) is 38.2. The molecule has 2 rings (SSSR count). The summed E-state index contributed by atoms with van der Waals surface area (Å²) in [6.45, 7) is 14.9. The van der Waals surface area contributed by atoms with Crippen molar-refractivity contribution in [1.29, 1.82) is 0 Å². The molecule has 2 fully saturated rings. The van der Waals surface area contributed by atoms with Crippen LogP contribution in [0.2, 0.25) is 0 Å². The minimum absolute atomic E-state index is 0.176. The van der Waals surface area contributed by atoms with Gasteiger partial charge in [0.15, 0.2) is 6.29 Å². The summed E-state index contributed by atoms with van der Waals surface area (Å²) >= 11 is 0. The first-order valence-electron chi connectivity index (χ1n) is 13.3. The molecular formula is C26H50O6. The van der Waals surface area contributed by atoms with Crippen LogP contribution < -0.4 is 0 Å². The van der Waals surface area contributed by atoms with Crippen molar-refractivity contribution in [3.63, 3.8) is 0 Å². The maximum absolute atomic E-state index is 10.8. The van der Waals surface area contributed by atoms with Crippen molar-refractivity contribution in [2.45, 2.75) is 136 Å². The highest BCUT2D eigenvalue weighted by molar-refractivity contribution is 4.93. The molecule has 0 amide bonds. The zero-order valence-electron chi connectivity index (χ0n) is 21.5. The standard InChI is InChI=1S/C26H50O6/c1-7-10-13-28-23-20(6)31-26(32-22-19(5)16-18(4)17-21(22)27)25(30-15-12-9-3)24(23)29-14-11-8-2/h18-27H,7-17H2,1-6H3/t18?,19?,20?,21-,22?,23-,24?,25?,26+/m1/s1. The lowest BCUT2D eigenvalue weighted by Crippen LogP contribution is -2.61. The lowest BCUT2D eigenvalue weighted by molar-refractivity contribution is -0.334. The molecule has 32 heavy (non-hydrogen) atoms. The summed E-state index contributed by atoms with van der Waals surface area (Å²) in [5.74, 6) is 0.769. The molecule has 1 heterocycles. The van der Waals surface area contributed by atoms with Crippen LogP contribution in [0.25, 0.3) is 0 Å². The van der Waals surface area contributed by atoms with Gasteiger partial charge in [-0.2, -0.15) is 0 Å². The summed E-state index contributed by atoms with van der Waals surface area (Å²) in [5, 5.41) is 10.8. The number of ether oxygens (including phenoxy) is 5. The average molecular weight is 459 g/mol. The highest BCUT2D eigenvalue weighted by Gasteiger charge is 2.49. The third-order valence-corrected chi connectivity index (χ3v) is 6.80. The van der Waals surface area contributed by atoms with E-state index in [0.29, 0.717) is 25.7 Å². The first-order chi connectivity index (χ1) is 15.4. The lowest BCUT2D eigenvalue weighted by Gasteiger charge is -2.47. The van der Waals surface area contributed by atoms with Gasteiger partial charge in [0.1, 0.15) is 18.3 Å².